The van der Waals surface area contributed by atoms with Crippen LogP contribution in [0.4, 0.5) is 10.1 Å². The first-order valence-electron chi connectivity index (χ1n) is 6.10. The number of hydrogen-bond acceptors (Lipinski definition) is 5. The highest BCUT2D eigenvalue weighted by Crippen LogP contribution is 2.35. The van der Waals surface area contributed by atoms with Crippen molar-refractivity contribution in [1.29, 1.82) is 0 Å². The fourth-order valence-corrected chi connectivity index (χ4v) is 2.05. The van der Waals surface area contributed by atoms with Gasteiger partial charge in [-0.05, 0) is 35.0 Å². The van der Waals surface area contributed by atoms with Crippen LogP contribution in [0, 0.1) is 15.9 Å². The van der Waals surface area contributed by atoms with Gasteiger partial charge in [0.25, 0.3) is 0 Å². The molecule has 0 bridgehead atoms. The van der Waals surface area contributed by atoms with Crippen LogP contribution < -0.4 is 10.1 Å². The number of halogens is 2. The third kappa shape index (κ3) is 5.03. The van der Waals surface area contributed by atoms with Gasteiger partial charge in [0.2, 0.25) is 5.75 Å². The lowest BCUT2D eigenvalue weighted by Gasteiger charge is -2.14. The highest BCUT2D eigenvalue weighted by molar-refractivity contribution is 9.10. The average molecular weight is 351 g/mol. The summed E-state index contributed by atoms with van der Waals surface area (Å²) in [6, 6.07) is 1.85. The maximum absolute atomic E-state index is 13.1. The molecule has 1 rings (SSSR count). The van der Waals surface area contributed by atoms with Crippen molar-refractivity contribution in [2.75, 3.05) is 19.7 Å². The zero-order valence-corrected chi connectivity index (χ0v) is 12.5. The number of aliphatic hydroxyl groups excluding tert-OH is 1. The first-order chi connectivity index (χ1) is 9.45. The van der Waals surface area contributed by atoms with Crippen molar-refractivity contribution >= 4 is 21.6 Å². The molecule has 0 fully saturated rings. The van der Waals surface area contributed by atoms with E-state index >= 15 is 0 Å². The molecule has 0 radical (unpaired) electrons. The van der Waals surface area contributed by atoms with Crippen LogP contribution >= 0.6 is 15.9 Å². The molecule has 0 spiro atoms. The molecule has 0 aliphatic rings. The molecule has 1 unspecified atom stereocenters. The molecule has 0 heterocycles. The summed E-state index contributed by atoms with van der Waals surface area (Å²) in [6.45, 7) is 2.95. The summed E-state index contributed by atoms with van der Waals surface area (Å²) < 4.78 is 18.5. The Morgan fingerprint density at radius 2 is 2.30 bits per heavy atom. The Bertz CT molecular complexity index is 473. The predicted octanol–water partition coefficient (Wildman–Crippen LogP) is 2.24. The summed E-state index contributed by atoms with van der Waals surface area (Å²) in [5.41, 5.74) is -0.481. The summed E-state index contributed by atoms with van der Waals surface area (Å²) in [6.07, 6.45) is 0.126. The largest absolute Gasteiger partial charge is 0.483 e. The van der Waals surface area contributed by atoms with E-state index in [1.165, 1.54) is 0 Å². The van der Waals surface area contributed by atoms with E-state index in [1.54, 1.807) is 0 Å². The molecule has 2 N–H and O–H groups in total. The van der Waals surface area contributed by atoms with Gasteiger partial charge in [0.1, 0.15) is 18.5 Å². The molecule has 1 aromatic carbocycles. The third-order valence-corrected chi connectivity index (χ3v) is 3.00. The van der Waals surface area contributed by atoms with E-state index in [4.69, 9.17) is 4.74 Å². The number of rotatable bonds is 8. The van der Waals surface area contributed by atoms with Crippen LogP contribution in [0.15, 0.2) is 16.6 Å². The molecular weight excluding hydrogens is 335 g/mol. The van der Waals surface area contributed by atoms with E-state index < -0.39 is 22.5 Å². The molecule has 1 atom stereocenters. The molecule has 0 saturated heterocycles. The van der Waals surface area contributed by atoms with Gasteiger partial charge >= 0.3 is 5.69 Å². The second-order valence-corrected chi connectivity index (χ2v) is 5.02. The first kappa shape index (κ1) is 16.8. The Hall–Kier alpha value is -1.25. The number of ether oxygens (including phenoxy) is 1. The van der Waals surface area contributed by atoms with Crippen LogP contribution in [0.2, 0.25) is 0 Å². The Kier molecular flexibility index (Phi) is 6.83. The summed E-state index contributed by atoms with van der Waals surface area (Å²) in [4.78, 5) is 10.1. The SMILES string of the molecule is CCCNCC(O)COc1c(Br)cc(F)cc1[N+](=O)[O-]. The Morgan fingerprint density at radius 3 is 2.90 bits per heavy atom. The molecule has 8 heteroatoms. The van der Waals surface area contributed by atoms with Gasteiger partial charge in [0.15, 0.2) is 0 Å². The van der Waals surface area contributed by atoms with Crippen molar-refractivity contribution < 1.29 is 19.2 Å². The molecule has 112 valence electrons. The van der Waals surface area contributed by atoms with Crippen molar-refractivity contribution in [3.05, 3.63) is 32.5 Å². The minimum absolute atomic E-state index is 0.0917. The smallest absolute Gasteiger partial charge is 0.315 e. The lowest BCUT2D eigenvalue weighted by Crippen LogP contribution is -2.31. The number of nitro benzene ring substituents is 1. The van der Waals surface area contributed by atoms with E-state index in [-0.39, 0.29) is 16.8 Å². The average Bonchev–Trinajstić information content (AvgIpc) is 2.37. The van der Waals surface area contributed by atoms with Crippen LogP contribution in [-0.4, -0.2) is 35.8 Å². The number of nitrogens with zero attached hydrogens (tertiary/aromatic N) is 1. The van der Waals surface area contributed by atoms with Crippen LogP contribution in [0.1, 0.15) is 13.3 Å². The van der Waals surface area contributed by atoms with E-state index in [1.807, 2.05) is 6.92 Å². The standard InChI is InChI=1S/C12H16BrFN2O4/c1-2-3-15-6-9(17)7-20-12-10(13)4-8(14)5-11(12)16(18)19/h4-5,9,15,17H,2-3,6-7H2,1H3. The quantitative estimate of drug-likeness (QED) is 0.426. The maximum Gasteiger partial charge on any atom is 0.315 e. The molecular formula is C12H16BrFN2O4. The van der Waals surface area contributed by atoms with Gasteiger partial charge in [-0.25, -0.2) is 4.39 Å². The van der Waals surface area contributed by atoms with Gasteiger partial charge in [0.05, 0.1) is 15.5 Å². The molecule has 1 aromatic rings. The Labute approximate surface area is 124 Å². The Balaban J connectivity index is 2.70. The van der Waals surface area contributed by atoms with Gasteiger partial charge in [-0.2, -0.15) is 0 Å². The number of nitro groups is 1. The fourth-order valence-electron chi connectivity index (χ4n) is 1.51. The predicted molar refractivity (Wildman–Crippen MR) is 75.4 cm³/mol. The second kappa shape index (κ2) is 8.13. The van der Waals surface area contributed by atoms with E-state index in [0.29, 0.717) is 6.54 Å². The molecule has 0 aromatic heterocycles. The van der Waals surface area contributed by atoms with Crippen molar-refractivity contribution in [3.63, 3.8) is 0 Å². The van der Waals surface area contributed by atoms with Crippen LogP contribution in [-0.2, 0) is 0 Å². The lowest BCUT2D eigenvalue weighted by molar-refractivity contribution is -0.386. The fraction of sp³-hybridized carbons (Fsp3) is 0.500. The normalized spacial score (nSPS) is 12.2. The lowest BCUT2D eigenvalue weighted by atomic mass is 10.3. The first-order valence-corrected chi connectivity index (χ1v) is 6.90. The summed E-state index contributed by atoms with van der Waals surface area (Å²) >= 11 is 3.01. The summed E-state index contributed by atoms with van der Waals surface area (Å²) in [5.74, 6) is -0.827. The van der Waals surface area contributed by atoms with Crippen molar-refractivity contribution in [2.24, 2.45) is 0 Å². The molecule has 20 heavy (non-hydrogen) atoms. The van der Waals surface area contributed by atoms with Crippen molar-refractivity contribution in [1.82, 2.24) is 5.32 Å². The number of benzene rings is 1. The molecule has 0 saturated carbocycles. The number of nitrogens with one attached hydrogen (secondary N) is 1. The van der Waals surface area contributed by atoms with Crippen molar-refractivity contribution in [3.8, 4) is 5.75 Å². The summed E-state index contributed by atoms with van der Waals surface area (Å²) in [7, 11) is 0. The van der Waals surface area contributed by atoms with Crippen LogP contribution in [0.5, 0.6) is 5.75 Å². The maximum atomic E-state index is 13.1. The minimum atomic E-state index is -0.807. The third-order valence-electron chi connectivity index (χ3n) is 2.41. The van der Waals surface area contributed by atoms with E-state index in [9.17, 15) is 19.6 Å². The topological polar surface area (TPSA) is 84.6 Å². The molecule has 0 amide bonds. The number of hydrogen-bond donors (Lipinski definition) is 2. The molecule has 0 aliphatic carbocycles. The van der Waals surface area contributed by atoms with Gasteiger partial charge in [0, 0.05) is 6.54 Å². The van der Waals surface area contributed by atoms with E-state index in [2.05, 4.69) is 21.2 Å². The van der Waals surface area contributed by atoms with Gasteiger partial charge in [-0.3, -0.25) is 10.1 Å². The van der Waals surface area contributed by atoms with E-state index in [0.717, 1.165) is 25.1 Å². The molecule has 6 nitrogen and oxygen atoms in total. The Morgan fingerprint density at radius 1 is 1.60 bits per heavy atom. The zero-order chi connectivity index (χ0) is 15.1. The van der Waals surface area contributed by atoms with Crippen LogP contribution in [0.3, 0.4) is 0 Å². The zero-order valence-electron chi connectivity index (χ0n) is 10.9. The van der Waals surface area contributed by atoms with Crippen molar-refractivity contribution in [2.45, 2.75) is 19.4 Å². The van der Waals surface area contributed by atoms with Gasteiger partial charge in [-0.1, -0.05) is 6.92 Å². The second-order valence-electron chi connectivity index (χ2n) is 4.16. The van der Waals surface area contributed by atoms with Crippen LogP contribution in [0.25, 0.3) is 0 Å². The van der Waals surface area contributed by atoms with Gasteiger partial charge < -0.3 is 15.2 Å². The molecule has 0 aliphatic heterocycles. The summed E-state index contributed by atoms with van der Waals surface area (Å²) in [5, 5.41) is 23.5. The van der Waals surface area contributed by atoms with Gasteiger partial charge in [-0.15, -0.1) is 0 Å². The monoisotopic (exact) mass is 350 g/mol. The number of aliphatic hydroxyl groups is 1. The highest BCUT2D eigenvalue weighted by Gasteiger charge is 2.21. The minimum Gasteiger partial charge on any atom is -0.483 e. The highest BCUT2D eigenvalue weighted by atomic mass is 79.9.